The minimum absolute atomic E-state index is 0.0150. The van der Waals surface area contributed by atoms with Gasteiger partial charge in [-0.2, -0.15) is 0 Å². The molecule has 0 aliphatic carbocycles. The van der Waals surface area contributed by atoms with Crippen molar-refractivity contribution in [3.05, 3.63) is 28.8 Å². The average Bonchev–Trinajstić information content (AvgIpc) is 3.05. The van der Waals surface area contributed by atoms with Gasteiger partial charge in [-0.15, -0.1) is 0 Å². The van der Waals surface area contributed by atoms with Gasteiger partial charge >= 0.3 is 0 Å². The standard InChI is InChI=1S/C17H23ClN2O3/c1-12-4-5-14(9-15(12)18)19-16(21)11-20-6-2-3-13(10-20)17-22-7-8-23-17/h4-5,9,13,17H,2-3,6-8,10-11H2,1H3,(H,19,21). The molecule has 2 saturated heterocycles. The summed E-state index contributed by atoms with van der Waals surface area (Å²) < 4.78 is 11.2. The molecule has 6 heteroatoms. The van der Waals surface area contributed by atoms with Gasteiger partial charge < -0.3 is 14.8 Å². The van der Waals surface area contributed by atoms with Gasteiger partial charge in [0.15, 0.2) is 6.29 Å². The molecule has 1 N–H and O–H groups in total. The number of amides is 1. The highest BCUT2D eigenvalue weighted by Crippen LogP contribution is 2.25. The molecule has 1 aromatic rings. The Morgan fingerprint density at radius 2 is 2.17 bits per heavy atom. The van der Waals surface area contributed by atoms with Crippen molar-refractivity contribution < 1.29 is 14.3 Å². The van der Waals surface area contributed by atoms with Crippen LogP contribution in [0.2, 0.25) is 5.02 Å². The molecule has 1 unspecified atom stereocenters. The first-order valence-electron chi connectivity index (χ1n) is 8.13. The number of anilines is 1. The van der Waals surface area contributed by atoms with Crippen LogP contribution in [0.4, 0.5) is 5.69 Å². The van der Waals surface area contributed by atoms with Gasteiger partial charge in [-0.3, -0.25) is 9.69 Å². The Balaban J connectivity index is 1.51. The van der Waals surface area contributed by atoms with E-state index in [0.717, 1.165) is 37.2 Å². The first-order valence-corrected chi connectivity index (χ1v) is 8.51. The number of nitrogens with zero attached hydrogens (tertiary/aromatic N) is 1. The number of likely N-dealkylation sites (tertiary alicyclic amines) is 1. The third kappa shape index (κ3) is 4.44. The second-order valence-corrected chi connectivity index (χ2v) is 6.67. The molecule has 23 heavy (non-hydrogen) atoms. The third-order valence-electron chi connectivity index (χ3n) is 4.40. The first-order chi connectivity index (χ1) is 11.1. The maximum atomic E-state index is 12.2. The molecule has 0 bridgehead atoms. The van der Waals surface area contributed by atoms with Crippen LogP contribution in [0.25, 0.3) is 0 Å². The summed E-state index contributed by atoms with van der Waals surface area (Å²) in [6.07, 6.45) is 2.06. The minimum Gasteiger partial charge on any atom is -0.350 e. The Morgan fingerprint density at radius 3 is 2.91 bits per heavy atom. The van der Waals surface area contributed by atoms with Crippen LogP contribution in [0.15, 0.2) is 18.2 Å². The average molecular weight is 339 g/mol. The van der Waals surface area contributed by atoms with Gasteiger partial charge in [0.25, 0.3) is 0 Å². The molecule has 2 fully saturated rings. The van der Waals surface area contributed by atoms with Crippen molar-refractivity contribution >= 4 is 23.2 Å². The number of piperidine rings is 1. The zero-order valence-corrected chi connectivity index (χ0v) is 14.1. The Labute approximate surface area is 141 Å². The lowest BCUT2D eigenvalue weighted by molar-refractivity contribution is -0.121. The van der Waals surface area contributed by atoms with E-state index in [2.05, 4.69) is 10.2 Å². The molecule has 2 heterocycles. The van der Waals surface area contributed by atoms with Crippen molar-refractivity contribution in [2.24, 2.45) is 5.92 Å². The first kappa shape index (κ1) is 16.7. The summed E-state index contributed by atoms with van der Waals surface area (Å²) in [6.45, 7) is 5.45. The van der Waals surface area contributed by atoms with Crippen LogP contribution in [-0.2, 0) is 14.3 Å². The zero-order valence-electron chi connectivity index (χ0n) is 13.4. The molecule has 3 rings (SSSR count). The topological polar surface area (TPSA) is 50.8 Å². The molecule has 1 amide bonds. The smallest absolute Gasteiger partial charge is 0.238 e. The normalized spacial score (nSPS) is 23.1. The second-order valence-electron chi connectivity index (χ2n) is 6.26. The molecule has 0 aromatic heterocycles. The van der Waals surface area contributed by atoms with E-state index in [1.807, 2.05) is 19.1 Å². The monoisotopic (exact) mass is 338 g/mol. The lowest BCUT2D eigenvalue weighted by Crippen LogP contribution is -2.44. The van der Waals surface area contributed by atoms with Crippen LogP contribution in [-0.4, -0.2) is 49.9 Å². The summed E-state index contributed by atoms with van der Waals surface area (Å²) in [6, 6.07) is 5.57. The van der Waals surface area contributed by atoms with E-state index in [9.17, 15) is 4.79 Å². The van der Waals surface area contributed by atoms with Crippen LogP contribution in [0, 0.1) is 12.8 Å². The second kappa shape index (κ2) is 7.62. The van der Waals surface area contributed by atoms with Crippen LogP contribution < -0.4 is 5.32 Å². The summed E-state index contributed by atoms with van der Waals surface area (Å²) in [5, 5.41) is 3.58. The fourth-order valence-corrected chi connectivity index (χ4v) is 3.36. The number of ether oxygens (including phenoxy) is 2. The van der Waals surface area contributed by atoms with Gasteiger partial charge in [0.05, 0.1) is 19.8 Å². The van der Waals surface area contributed by atoms with Crippen LogP contribution >= 0.6 is 11.6 Å². The predicted molar refractivity (Wildman–Crippen MR) is 89.7 cm³/mol. The maximum absolute atomic E-state index is 12.2. The predicted octanol–water partition coefficient (Wildman–Crippen LogP) is 2.67. The van der Waals surface area contributed by atoms with Crippen molar-refractivity contribution in [3.8, 4) is 0 Å². The molecule has 2 aliphatic heterocycles. The summed E-state index contributed by atoms with van der Waals surface area (Å²) in [5.41, 5.74) is 1.74. The van der Waals surface area contributed by atoms with Crippen molar-refractivity contribution in [2.75, 3.05) is 38.2 Å². The summed E-state index contributed by atoms with van der Waals surface area (Å²) in [4.78, 5) is 14.4. The number of benzene rings is 1. The summed E-state index contributed by atoms with van der Waals surface area (Å²) in [5.74, 6) is 0.340. The van der Waals surface area contributed by atoms with Gasteiger partial charge in [0.2, 0.25) is 5.91 Å². The Hall–Kier alpha value is -1.14. The van der Waals surface area contributed by atoms with Crippen molar-refractivity contribution in [3.63, 3.8) is 0 Å². The number of nitrogens with one attached hydrogen (secondary N) is 1. The van der Waals surface area contributed by atoms with Crippen LogP contribution in [0.3, 0.4) is 0 Å². The van der Waals surface area contributed by atoms with Gasteiger partial charge in [0, 0.05) is 23.2 Å². The molecule has 0 saturated carbocycles. The molecule has 0 spiro atoms. The van der Waals surface area contributed by atoms with E-state index >= 15 is 0 Å². The van der Waals surface area contributed by atoms with Crippen LogP contribution in [0.5, 0.6) is 0 Å². The Kier molecular flexibility index (Phi) is 5.54. The van der Waals surface area contributed by atoms with Crippen molar-refractivity contribution in [2.45, 2.75) is 26.1 Å². The number of carbonyl (C=O) groups excluding carboxylic acids is 1. The molecule has 1 atom stereocenters. The van der Waals surface area contributed by atoms with E-state index in [1.54, 1.807) is 6.07 Å². The van der Waals surface area contributed by atoms with E-state index in [4.69, 9.17) is 21.1 Å². The lowest BCUT2D eigenvalue weighted by Gasteiger charge is -2.34. The highest BCUT2D eigenvalue weighted by Gasteiger charge is 2.31. The summed E-state index contributed by atoms with van der Waals surface area (Å²) in [7, 11) is 0. The largest absolute Gasteiger partial charge is 0.350 e. The Bertz CT molecular complexity index is 561. The highest BCUT2D eigenvalue weighted by molar-refractivity contribution is 6.31. The maximum Gasteiger partial charge on any atom is 0.238 e. The van der Waals surface area contributed by atoms with Gasteiger partial charge in [0.1, 0.15) is 0 Å². The van der Waals surface area contributed by atoms with Crippen molar-refractivity contribution in [1.29, 1.82) is 0 Å². The molecule has 0 radical (unpaired) electrons. The van der Waals surface area contributed by atoms with E-state index in [0.29, 0.717) is 30.7 Å². The quantitative estimate of drug-likeness (QED) is 0.917. The van der Waals surface area contributed by atoms with Crippen LogP contribution in [0.1, 0.15) is 18.4 Å². The molecule has 5 nitrogen and oxygen atoms in total. The lowest BCUT2D eigenvalue weighted by atomic mass is 9.97. The number of rotatable bonds is 4. The fraction of sp³-hybridized carbons (Fsp3) is 0.588. The molecule has 126 valence electrons. The Morgan fingerprint density at radius 1 is 1.39 bits per heavy atom. The number of carbonyl (C=O) groups is 1. The fourth-order valence-electron chi connectivity index (χ4n) is 3.18. The van der Waals surface area contributed by atoms with E-state index < -0.39 is 0 Å². The van der Waals surface area contributed by atoms with Gasteiger partial charge in [-0.1, -0.05) is 17.7 Å². The molecule has 2 aliphatic rings. The molecular formula is C17H23ClN2O3. The number of hydrogen-bond acceptors (Lipinski definition) is 4. The van der Waals surface area contributed by atoms with Gasteiger partial charge in [-0.25, -0.2) is 0 Å². The van der Waals surface area contributed by atoms with Gasteiger partial charge in [-0.05, 0) is 44.0 Å². The van der Waals surface area contributed by atoms with Crippen molar-refractivity contribution in [1.82, 2.24) is 4.90 Å². The van der Waals surface area contributed by atoms with E-state index in [-0.39, 0.29) is 12.2 Å². The molecule has 1 aromatic carbocycles. The zero-order chi connectivity index (χ0) is 16.2. The van der Waals surface area contributed by atoms with E-state index in [1.165, 1.54) is 0 Å². The molecular weight excluding hydrogens is 316 g/mol. The minimum atomic E-state index is -0.100. The highest BCUT2D eigenvalue weighted by atomic mass is 35.5. The summed E-state index contributed by atoms with van der Waals surface area (Å²) >= 11 is 6.09. The SMILES string of the molecule is Cc1ccc(NC(=O)CN2CCCC(C3OCCO3)C2)cc1Cl. The number of hydrogen-bond donors (Lipinski definition) is 1. The third-order valence-corrected chi connectivity index (χ3v) is 4.80. The number of aryl methyl sites for hydroxylation is 1. The number of halogens is 1.